The summed E-state index contributed by atoms with van der Waals surface area (Å²) in [6.07, 6.45) is 0. The van der Waals surface area contributed by atoms with Crippen LogP contribution >= 0.6 is 11.6 Å². The van der Waals surface area contributed by atoms with Crippen molar-refractivity contribution in [2.45, 2.75) is 11.8 Å². The minimum atomic E-state index is -3.82. The number of benzene rings is 2. The fourth-order valence-electron chi connectivity index (χ4n) is 2.20. The maximum Gasteiger partial charge on any atom is 0.248 e. The van der Waals surface area contributed by atoms with Crippen LogP contribution in [0.5, 0.6) is 0 Å². The van der Waals surface area contributed by atoms with Gasteiger partial charge in [-0.2, -0.15) is 4.31 Å². The summed E-state index contributed by atoms with van der Waals surface area (Å²) < 4.78 is 26.3. The van der Waals surface area contributed by atoms with Gasteiger partial charge in [0.2, 0.25) is 21.8 Å². The Bertz CT molecular complexity index is 897. The van der Waals surface area contributed by atoms with Gasteiger partial charge in [-0.15, -0.1) is 0 Å². The summed E-state index contributed by atoms with van der Waals surface area (Å²) in [7, 11) is -3.82. The first-order valence-corrected chi connectivity index (χ1v) is 9.51. The molecule has 0 heterocycles. The highest BCUT2D eigenvalue weighted by atomic mass is 35.5. The number of nitrogens with two attached hydrogens (primary N) is 1. The number of carbonyl (C=O) groups is 2. The Morgan fingerprint density at radius 2 is 1.65 bits per heavy atom. The highest BCUT2D eigenvalue weighted by Crippen LogP contribution is 2.18. The van der Waals surface area contributed by atoms with Crippen molar-refractivity contribution in [1.29, 1.82) is 0 Å². The molecule has 2 aromatic carbocycles. The normalized spacial score (nSPS) is 11.3. The molecule has 0 saturated heterocycles. The fraction of sp³-hybridized carbons (Fsp3) is 0.176. The lowest BCUT2D eigenvalue weighted by Gasteiger charge is -2.20. The molecule has 0 fully saturated rings. The van der Waals surface area contributed by atoms with E-state index in [9.17, 15) is 18.0 Å². The molecule has 0 atom stereocenters. The second kappa shape index (κ2) is 8.31. The second-order valence-electron chi connectivity index (χ2n) is 5.37. The van der Waals surface area contributed by atoms with Crippen LogP contribution < -0.4 is 11.1 Å². The summed E-state index contributed by atoms with van der Waals surface area (Å²) in [5, 5.41) is 3.01. The smallest absolute Gasteiger partial charge is 0.248 e. The molecule has 0 radical (unpaired) electrons. The average Bonchev–Trinajstić information content (AvgIpc) is 2.60. The molecule has 9 heteroatoms. The van der Waals surface area contributed by atoms with Gasteiger partial charge in [0.05, 0.1) is 11.4 Å². The first kappa shape index (κ1) is 19.9. The zero-order valence-corrected chi connectivity index (χ0v) is 15.5. The molecule has 0 aliphatic rings. The van der Waals surface area contributed by atoms with Crippen molar-refractivity contribution in [2.24, 2.45) is 5.73 Å². The zero-order chi connectivity index (χ0) is 19.3. The number of primary amides is 1. The molecule has 0 aliphatic carbocycles. The molecule has 0 unspecified atom stereocenters. The van der Waals surface area contributed by atoms with Gasteiger partial charge in [0.25, 0.3) is 0 Å². The summed E-state index contributed by atoms with van der Waals surface area (Å²) >= 11 is 5.78. The average molecular weight is 396 g/mol. The molecule has 0 aromatic heterocycles. The molecule has 26 heavy (non-hydrogen) atoms. The van der Waals surface area contributed by atoms with Crippen LogP contribution in [-0.2, 0) is 14.8 Å². The number of halogens is 1. The van der Waals surface area contributed by atoms with E-state index in [1.54, 1.807) is 6.92 Å². The third-order valence-corrected chi connectivity index (χ3v) is 5.76. The van der Waals surface area contributed by atoms with Crippen molar-refractivity contribution < 1.29 is 18.0 Å². The van der Waals surface area contributed by atoms with Crippen molar-refractivity contribution in [3.8, 4) is 0 Å². The number of sulfonamides is 1. The minimum Gasteiger partial charge on any atom is -0.366 e. The van der Waals surface area contributed by atoms with E-state index in [-0.39, 0.29) is 18.0 Å². The summed E-state index contributed by atoms with van der Waals surface area (Å²) in [6.45, 7) is 1.42. The molecule has 2 rings (SSSR count). The van der Waals surface area contributed by atoms with E-state index in [1.807, 2.05) is 0 Å². The third kappa shape index (κ3) is 4.81. The van der Waals surface area contributed by atoms with Crippen LogP contribution in [0, 0.1) is 0 Å². The SMILES string of the molecule is CCN(CC(=O)Nc1ccc(C(N)=O)cc1)S(=O)(=O)c1ccc(Cl)cc1. The van der Waals surface area contributed by atoms with Gasteiger partial charge in [-0.05, 0) is 48.5 Å². The molecule has 0 saturated carbocycles. The van der Waals surface area contributed by atoms with Crippen LogP contribution in [0.15, 0.2) is 53.4 Å². The number of amides is 2. The number of anilines is 1. The van der Waals surface area contributed by atoms with Gasteiger partial charge in [0.1, 0.15) is 0 Å². The van der Waals surface area contributed by atoms with E-state index >= 15 is 0 Å². The maximum absolute atomic E-state index is 12.6. The summed E-state index contributed by atoms with van der Waals surface area (Å²) in [5.41, 5.74) is 5.89. The quantitative estimate of drug-likeness (QED) is 0.747. The predicted molar refractivity (Wildman–Crippen MR) is 99.5 cm³/mol. The van der Waals surface area contributed by atoms with E-state index in [0.29, 0.717) is 16.3 Å². The summed E-state index contributed by atoms with van der Waals surface area (Å²) in [5.74, 6) is -1.08. The van der Waals surface area contributed by atoms with E-state index in [0.717, 1.165) is 4.31 Å². The number of hydrogen-bond acceptors (Lipinski definition) is 4. The van der Waals surface area contributed by atoms with Gasteiger partial charge in [-0.3, -0.25) is 9.59 Å². The van der Waals surface area contributed by atoms with E-state index in [4.69, 9.17) is 17.3 Å². The number of hydrogen-bond donors (Lipinski definition) is 2. The third-order valence-electron chi connectivity index (χ3n) is 3.58. The van der Waals surface area contributed by atoms with Crippen molar-refractivity contribution in [1.82, 2.24) is 4.31 Å². The highest BCUT2D eigenvalue weighted by Gasteiger charge is 2.25. The largest absolute Gasteiger partial charge is 0.366 e. The van der Waals surface area contributed by atoms with Gasteiger partial charge in [0.15, 0.2) is 0 Å². The molecule has 0 spiro atoms. The summed E-state index contributed by atoms with van der Waals surface area (Å²) in [6, 6.07) is 11.7. The number of rotatable bonds is 7. The molecule has 2 aromatic rings. The van der Waals surface area contributed by atoms with Crippen molar-refractivity contribution in [3.05, 3.63) is 59.1 Å². The van der Waals surface area contributed by atoms with Gasteiger partial charge in [-0.25, -0.2) is 8.42 Å². The number of likely N-dealkylation sites (N-methyl/N-ethyl adjacent to an activating group) is 1. The molecule has 0 bridgehead atoms. The van der Waals surface area contributed by atoms with Crippen molar-refractivity contribution >= 4 is 39.1 Å². The second-order valence-corrected chi connectivity index (χ2v) is 7.75. The lowest BCUT2D eigenvalue weighted by molar-refractivity contribution is -0.116. The number of nitrogens with one attached hydrogen (secondary N) is 1. The molecule has 7 nitrogen and oxygen atoms in total. The van der Waals surface area contributed by atoms with E-state index in [1.165, 1.54) is 48.5 Å². The van der Waals surface area contributed by atoms with Gasteiger partial charge < -0.3 is 11.1 Å². The van der Waals surface area contributed by atoms with Crippen molar-refractivity contribution in [3.63, 3.8) is 0 Å². The molecular weight excluding hydrogens is 378 g/mol. The number of nitrogens with zero attached hydrogens (tertiary/aromatic N) is 1. The van der Waals surface area contributed by atoms with Crippen LogP contribution in [0.4, 0.5) is 5.69 Å². The van der Waals surface area contributed by atoms with Crippen LogP contribution in [-0.4, -0.2) is 37.6 Å². The Hall–Kier alpha value is -2.42. The molecule has 0 aliphatic heterocycles. The molecule has 2 amide bonds. The highest BCUT2D eigenvalue weighted by molar-refractivity contribution is 7.89. The monoisotopic (exact) mass is 395 g/mol. The van der Waals surface area contributed by atoms with Crippen LogP contribution in [0.2, 0.25) is 5.02 Å². The van der Waals surface area contributed by atoms with E-state index in [2.05, 4.69) is 5.32 Å². The van der Waals surface area contributed by atoms with Crippen LogP contribution in [0.3, 0.4) is 0 Å². The van der Waals surface area contributed by atoms with Crippen LogP contribution in [0.25, 0.3) is 0 Å². The predicted octanol–water partition coefficient (Wildman–Crippen LogP) is 2.09. The lowest BCUT2D eigenvalue weighted by Crippen LogP contribution is -2.37. The van der Waals surface area contributed by atoms with Gasteiger partial charge >= 0.3 is 0 Å². The zero-order valence-electron chi connectivity index (χ0n) is 14.0. The summed E-state index contributed by atoms with van der Waals surface area (Å²) in [4.78, 5) is 23.3. The fourth-order valence-corrected chi connectivity index (χ4v) is 3.73. The Kier molecular flexibility index (Phi) is 6.36. The first-order chi connectivity index (χ1) is 12.2. The van der Waals surface area contributed by atoms with Crippen LogP contribution in [0.1, 0.15) is 17.3 Å². The topological polar surface area (TPSA) is 110 Å². The molecule has 3 N–H and O–H groups in total. The van der Waals surface area contributed by atoms with Gasteiger partial charge in [-0.1, -0.05) is 18.5 Å². The standard InChI is InChI=1S/C17H18ClN3O4S/c1-2-21(26(24,25)15-9-5-13(18)6-10-15)11-16(22)20-14-7-3-12(4-8-14)17(19)23/h3-10H,2,11H2,1H3,(H2,19,23)(H,20,22). The first-order valence-electron chi connectivity index (χ1n) is 7.69. The lowest BCUT2D eigenvalue weighted by atomic mass is 10.2. The Morgan fingerprint density at radius 1 is 1.08 bits per heavy atom. The maximum atomic E-state index is 12.6. The molecular formula is C17H18ClN3O4S. The Balaban J connectivity index is 2.09. The Labute approximate surface area is 156 Å². The van der Waals surface area contributed by atoms with Gasteiger partial charge in [0, 0.05) is 22.8 Å². The number of carbonyl (C=O) groups excluding carboxylic acids is 2. The van der Waals surface area contributed by atoms with E-state index < -0.39 is 21.8 Å². The molecule has 138 valence electrons. The Morgan fingerprint density at radius 3 is 2.15 bits per heavy atom. The minimum absolute atomic E-state index is 0.0577. The van der Waals surface area contributed by atoms with Crippen molar-refractivity contribution in [2.75, 3.05) is 18.4 Å².